The largest absolute Gasteiger partial charge is 0.512 e. The standard InChI is InChI=1S/C37H30P2.C5H8O2.Au/c1-7-19-32(20-8-1)38(33-21-9-2-10-22-33,34-23-11-3-12-24-34)31-39(35-25-13-4-14-26-35,36-27-15-5-16-28-36)37-29-17-6-18-30-37;1-4(6)3-5(2)7;/h1-30H;3,6H,1-2H3;/b;4-3-;. The zero-order valence-electron chi connectivity index (χ0n) is 26.4. The van der Waals surface area contributed by atoms with Crippen molar-refractivity contribution in [2.75, 3.05) is 0 Å². The van der Waals surface area contributed by atoms with Gasteiger partial charge in [0.25, 0.3) is 0 Å². The molecule has 0 amide bonds. The van der Waals surface area contributed by atoms with E-state index in [1.165, 1.54) is 51.8 Å². The number of aliphatic hydroxyl groups is 1. The van der Waals surface area contributed by atoms with Gasteiger partial charge >= 0.3 is 0 Å². The van der Waals surface area contributed by atoms with Crippen molar-refractivity contribution in [1.29, 1.82) is 0 Å². The van der Waals surface area contributed by atoms with Crippen LogP contribution in [0.3, 0.4) is 0 Å². The molecule has 1 radical (unpaired) electrons. The van der Waals surface area contributed by atoms with E-state index in [0.717, 1.165) is 0 Å². The summed E-state index contributed by atoms with van der Waals surface area (Å²) in [5.74, 6) is -0.0625. The van der Waals surface area contributed by atoms with Crippen LogP contribution in [0.1, 0.15) is 13.8 Å². The molecule has 6 aromatic carbocycles. The van der Waals surface area contributed by atoms with E-state index >= 15 is 0 Å². The van der Waals surface area contributed by atoms with Gasteiger partial charge in [0.05, 0.1) is 5.76 Å². The first kappa shape index (κ1) is 35.8. The fourth-order valence-electron chi connectivity index (χ4n) is 5.67. The van der Waals surface area contributed by atoms with Crippen LogP contribution in [0.15, 0.2) is 194 Å². The Balaban J connectivity index is 0.000000565. The van der Waals surface area contributed by atoms with Crippen molar-refractivity contribution >= 4 is 56.6 Å². The average molecular weight is 834 g/mol. The third-order valence-corrected chi connectivity index (χ3v) is 16.4. The van der Waals surface area contributed by atoms with Gasteiger partial charge in [-0.05, 0) is 45.7 Å². The Labute approximate surface area is 294 Å². The van der Waals surface area contributed by atoms with Gasteiger partial charge in [-0.3, -0.25) is 4.79 Å². The second-order valence-corrected chi connectivity index (χ2v) is 17.4. The van der Waals surface area contributed by atoms with Gasteiger partial charge in [0.15, 0.2) is 5.78 Å². The van der Waals surface area contributed by atoms with E-state index in [0.29, 0.717) is 0 Å². The minimum atomic E-state index is -2.37. The maximum Gasteiger partial charge on any atom is 0.155 e. The Hall–Kier alpha value is -4.09. The topological polar surface area (TPSA) is 37.3 Å². The monoisotopic (exact) mass is 833 g/mol. The van der Waals surface area contributed by atoms with Crippen molar-refractivity contribution in [3.8, 4) is 0 Å². The molecule has 0 heterocycles. The number of allylic oxidation sites excluding steroid dienone is 2. The van der Waals surface area contributed by atoms with Crippen molar-refractivity contribution in [3.05, 3.63) is 194 Å². The summed E-state index contributed by atoms with van der Waals surface area (Å²) in [6, 6.07) is 66.4. The van der Waals surface area contributed by atoms with Gasteiger partial charge in [0, 0.05) is 42.2 Å². The molecule has 0 saturated heterocycles. The van der Waals surface area contributed by atoms with Gasteiger partial charge in [0.1, 0.15) is 0 Å². The number of benzene rings is 6. The molecule has 0 atom stereocenters. The van der Waals surface area contributed by atoms with Gasteiger partial charge in [-0.15, -0.1) is 5.17 Å². The number of rotatable bonds is 7. The molecule has 47 heavy (non-hydrogen) atoms. The summed E-state index contributed by atoms with van der Waals surface area (Å²) in [5, 5.41) is 20.9. The molecule has 0 saturated carbocycles. The number of carbonyl (C=O) groups excluding carboxylic acids is 1. The molecule has 6 aromatic rings. The van der Waals surface area contributed by atoms with Crippen LogP contribution in [0.5, 0.6) is 0 Å². The molecule has 0 aliphatic rings. The summed E-state index contributed by atoms with van der Waals surface area (Å²) in [5.41, 5.74) is 0. The molecule has 0 unspecified atom stereocenters. The van der Waals surface area contributed by atoms with Crippen LogP contribution in [-0.2, 0) is 27.2 Å². The Morgan fingerprint density at radius 3 is 0.766 bits per heavy atom. The number of carbonyl (C=O) groups is 1. The van der Waals surface area contributed by atoms with E-state index in [4.69, 9.17) is 5.11 Å². The Morgan fingerprint density at radius 1 is 0.447 bits per heavy atom. The molecule has 0 aliphatic carbocycles. The molecule has 1 N–H and O–H groups in total. The van der Waals surface area contributed by atoms with Crippen molar-refractivity contribution in [1.82, 2.24) is 0 Å². The van der Waals surface area contributed by atoms with Crippen molar-refractivity contribution in [3.63, 3.8) is 0 Å². The fraction of sp³-hybridized carbons (Fsp3) is 0.0476. The summed E-state index contributed by atoms with van der Waals surface area (Å²) in [6.07, 6.45) is 1.17. The fourth-order valence-corrected chi connectivity index (χ4v) is 15.7. The molecule has 0 spiro atoms. The molecule has 0 fully saturated rings. The van der Waals surface area contributed by atoms with Gasteiger partial charge < -0.3 is 5.11 Å². The Kier molecular flexibility index (Phi) is 13.1. The van der Waals surface area contributed by atoms with E-state index in [9.17, 15) is 4.79 Å². The van der Waals surface area contributed by atoms with Crippen molar-refractivity contribution in [2.45, 2.75) is 13.8 Å². The van der Waals surface area contributed by atoms with Gasteiger partial charge in [-0.2, -0.15) is 0 Å². The first-order valence-electron chi connectivity index (χ1n) is 15.3. The molecule has 0 bridgehead atoms. The summed E-state index contributed by atoms with van der Waals surface area (Å²) >= 11 is 0. The predicted molar refractivity (Wildman–Crippen MR) is 202 cm³/mol. The summed E-state index contributed by atoms with van der Waals surface area (Å²) in [7, 11) is 0. The first-order chi connectivity index (χ1) is 22.5. The van der Waals surface area contributed by atoms with Gasteiger partial charge in [-0.1, -0.05) is 182 Å². The summed E-state index contributed by atoms with van der Waals surface area (Å²) < 4.78 is 0. The zero-order valence-corrected chi connectivity index (χ0v) is 30.4. The molecule has 5 heteroatoms. The van der Waals surface area contributed by atoms with E-state index in [1.807, 2.05) is 0 Å². The number of aliphatic hydroxyl groups excluding tert-OH is 1. The molecule has 0 aliphatic heterocycles. The maximum absolute atomic E-state index is 10.0. The third-order valence-electron chi connectivity index (χ3n) is 7.57. The minimum absolute atomic E-state index is 0. The number of hydrogen-bond donors (Lipinski definition) is 1. The van der Waals surface area contributed by atoms with E-state index in [-0.39, 0.29) is 33.9 Å². The van der Waals surface area contributed by atoms with Crippen LogP contribution >= 0.6 is 13.8 Å². The number of ketones is 1. The Bertz CT molecular complexity index is 1660. The van der Waals surface area contributed by atoms with Crippen LogP contribution < -0.4 is 31.8 Å². The van der Waals surface area contributed by atoms with E-state index in [1.54, 1.807) is 0 Å². The van der Waals surface area contributed by atoms with Crippen LogP contribution in [0, 0.1) is 0 Å². The van der Waals surface area contributed by atoms with Crippen molar-refractivity contribution < 1.29 is 32.3 Å². The van der Waals surface area contributed by atoms with Gasteiger partial charge in [0.2, 0.25) is 0 Å². The smallest absolute Gasteiger partial charge is 0.155 e. The molecule has 239 valence electrons. The van der Waals surface area contributed by atoms with Crippen molar-refractivity contribution in [2.24, 2.45) is 0 Å². The average Bonchev–Trinajstić information content (AvgIpc) is 3.11. The number of hydrogen-bond acceptors (Lipinski definition) is 2. The summed E-state index contributed by atoms with van der Waals surface area (Å²) in [4.78, 5) is 10.0. The van der Waals surface area contributed by atoms with E-state index < -0.39 is 13.8 Å². The first-order valence-corrected chi connectivity index (χ1v) is 18.8. The Morgan fingerprint density at radius 2 is 0.638 bits per heavy atom. The molecule has 0 aromatic heterocycles. The zero-order chi connectivity index (χ0) is 32.2. The maximum atomic E-state index is 10.0. The quantitative estimate of drug-likeness (QED) is 0.0778. The summed E-state index contributed by atoms with van der Waals surface area (Å²) in [6.45, 7) is -1.90. The molecular formula is C42H38AuO2P2. The minimum Gasteiger partial charge on any atom is -0.512 e. The van der Waals surface area contributed by atoms with Crippen LogP contribution in [0.4, 0.5) is 0 Å². The molecule has 2 nitrogen and oxygen atoms in total. The molecule has 6 rings (SSSR count). The predicted octanol–water partition coefficient (Wildman–Crippen LogP) is 7.65. The van der Waals surface area contributed by atoms with Crippen LogP contribution in [-0.4, -0.2) is 16.1 Å². The SMILES string of the molecule is C(=P(c1ccccc1)(c1ccccc1)c1ccccc1)=P(c1ccccc1)(c1ccccc1)c1ccccc1.CC(=O)/C=C(/C)O.[Au]. The second kappa shape index (κ2) is 17.2. The van der Waals surface area contributed by atoms with E-state index in [2.05, 4.69) is 187 Å². The van der Waals surface area contributed by atoms with Crippen LogP contribution in [0.25, 0.3) is 0 Å². The third kappa shape index (κ3) is 8.26. The normalized spacial score (nSPS) is 11.2. The molecular weight excluding hydrogens is 795 g/mol. The second-order valence-electron chi connectivity index (χ2n) is 10.9. The van der Waals surface area contributed by atoms with Crippen LogP contribution in [0.2, 0.25) is 0 Å². The van der Waals surface area contributed by atoms with Gasteiger partial charge in [-0.25, -0.2) is 0 Å².